The molecule has 1 aliphatic rings. The van der Waals surface area contributed by atoms with Crippen LogP contribution < -0.4 is 11.1 Å². The Bertz CT molecular complexity index is 833. The number of hydrogen-bond acceptors (Lipinski definition) is 3. The maximum absolute atomic E-state index is 12.7. The lowest BCUT2D eigenvalue weighted by molar-refractivity contribution is -0.122. The minimum atomic E-state index is -0.422. The molecule has 2 aromatic rings. The molecule has 5 nitrogen and oxygen atoms in total. The summed E-state index contributed by atoms with van der Waals surface area (Å²) < 4.78 is 0. The van der Waals surface area contributed by atoms with E-state index in [0.29, 0.717) is 12.1 Å². The number of primary amides is 1. The SMILES string of the molecule is CN(C)[C@H](CNC(=O)[C@@H]1CC1(C)c1ccccc1)Cc1ccc(C(N)=O)cc1. The second kappa shape index (κ2) is 8.15. The first-order valence-electron chi connectivity index (χ1n) is 9.69. The zero-order valence-electron chi connectivity index (χ0n) is 16.8. The number of likely N-dealkylation sites (N-methyl/N-ethyl adjacent to an activating group) is 1. The number of carbonyl (C=O) groups excluding carboxylic acids is 2. The summed E-state index contributed by atoms with van der Waals surface area (Å²) in [5.41, 5.74) is 8.09. The van der Waals surface area contributed by atoms with Crippen molar-refractivity contribution in [1.29, 1.82) is 0 Å². The highest BCUT2D eigenvalue weighted by atomic mass is 16.2. The molecular weight excluding hydrogens is 350 g/mol. The summed E-state index contributed by atoms with van der Waals surface area (Å²) in [6.07, 6.45) is 1.68. The van der Waals surface area contributed by atoms with Crippen molar-refractivity contribution in [3.63, 3.8) is 0 Å². The summed E-state index contributed by atoms with van der Waals surface area (Å²) >= 11 is 0. The lowest BCUT2D eigenvalue weighted by atomic mass is 9.95. The van der Waals surface area contributed by atoms with Gasteiger partial charge in [-0.2, -0.15) is 0 Å². The van der Waals surface area contributed by atoms with Gasteiger partial charge in [-0.25, -0.2) is 0 Å². The monoisotopic (exact) mass is 379 g/mol. The molecule has 0 aliphatic heterocycles. The number of nitrogens with two attached hydrogens (primary N) is 1. The maximum atomic E-state index is 12.7. The molecule has 0 heterocycles. The molecule has 0 saturated heterocycles. The standard InChI is InChI=1S/C23H29N3O2/c1-23(18-7-5-4-6-8-18)14-20(23)22(28)25-15-19(26(2)3)13-16-9-11-17(12-10-16)21(24)27/h4-12,19-20H,13-15H2,1-3H3,(H2,24,27)(H,25,28)/t19-,20-,23?/m0/s1. The second-order valence-electron chi connectivity index (χ2n) is 8.17. The van der Waals surface area contributed by atoms with Gasteiger partial charge in [0.25, 0.3) is 0 Å². The summed E-state index contributed by atoms with van der Waals surface area (Å²) in [5, 5.41) is 3.15. The van der Waals surface area contributed by atoms with Crippen LogP contribution in [0.2, 0.25) is 0 Å². The van der Waals surface area contributed by atoms with Crippen molar-refractivity contribution in [2.45, 2.75) is 31.2 Å². The van der Waals surface area contributed by atoms with Crippen LogP contribution in [0.1, 0.15) is 34.8 Å². The molecule has 3 atom stereocenters. The minimum absolute atomic E-state index is 0.0348. The summed E-state index contributed by atoms with van der Waals surface area (Å²) in [4.78, 5) is 26.0. The number of carbonyl (C=O) groups is 2. The topological polar surface area (TPSA) is 75.4 Å². The zero-order valence-corrected chi connectivity index (χ0v) is 16.8. The van der Waals surface area contributed by atoms with Gasteiger partial charge in [-0.15, -0.1) is 0 Å². The minimum Gasteiger partial charge on any atom is -0.366 e. The third-order valence-corrected chi connectivity index (χ3v) is 5.94. The van der Waals surface area contributed by atoms with Crippen molar-refractivity contribution in [2.75, 3.05) is 20.6 Å². The van der Waals surface area contributed by atoms with Gasteiger partial charge in [0.1, 0.15) is 0 Å². The van der Waals surface area contributed by atoms with Crippen LogP contribution in [0, 0.1) is 5.92 Å². The quantitative estimate of drug-likeness (QED) is 0.739. The zero-order chi connectivity index (χ0) is 20.3. The molecule has 148 valence electrons. The van der Waals surface area contributed by atoms with Crippen molar-refractivity contribution < 1.29 is 9.59 Å². The first kappa shape index (κ1) is 20.1. The average molecular weight is 380 g/mol. The van der Waals surface area contributed by atoms with Gasteiger partial charge < -0.3 is 16.0 Å². The van der Waals surface area contributed by atoms with Crippen LogP contribution in [0.25, 0.3) is 0 Å². The molecule has 0 aromatic heterocycles. The number of benzene rings is 2. The molecule has 5 heteroatoms. The van der Waals surface area contributed by atoms with Crippen LogP contribution >= 0.6 is 0 Å². The Morgan fingerprint density at radius 1 is 1.14 bits per heavy atom. The van der Waals surface area contributed by atoms with Gasteiger partial charge in [0.05, 0.1) is 0 Å². The van der Waals surface area contributed by atoms with Gasteiger partial charge in [0.2, 0.25) is 11.8 Å². The fourth-order valence-corrected chi connectivity index (χ4v) is 3.74. The fourth-order valence-electron chi connectivity index (χ4n) is 3.74. The van der Waals surface area contributed by atoms with Gasteiger partial charge in [0, 0.05) is 29.5 Å². The Morgan fingerprint density at radius 3 is 2.36 bits per heavy atom. The summed E-state index contributed by atoms with van der Waals surface area (Å²) in [7, 11) is 4.03. The Morgan fingerprint density at radius 2 is 1.79 bits per heavy atom. The van der Waals surface area contributed by atoms with Gasteiger partial charge >= 0.3 is 0 Å². The number of rotatable bonds is 8. The number of hydrogen-bond donors (Lipinski definition) is 2. The molecular formula is C23H29N3O2. The first-order valence-corrected chi connectivity index (χ1v) is 9.69. The molecule has 3 N–H and O–H groups in total. The second-order valence-corrected chi connectivity index (χ2v) is 8.17. The van der Waals surface area contributed by atoms with Crippen LogP contribution in [0.4, 0.5) is 0 Å². The van der Waals surface area contributed by atoms with E-state index in [9.17, 15) is 9.59 Å². The van der Waals surface area contributed by atoms with Gasteiger partial charge in [-0.05, 0) is 50.2 Å². The van der Waals surface area contributed by atoms with Crippen LogP contribution in [-0.4, -0.2) is 43.4 Å². The predicted octanol–water partition coefficient (Wildman–Crippen LogP) is 2.35. The van der Waals surface area contributed by atoms with Crippen molar-refractivity contribution in [2.24, 2.45) is 11.7 Å². The van der Waals surface area contributed by atoms with Crippen molar-refractivity contribution >= 4 is 11.8 Å². The molecule has 1 unspecified atom stereocenters. The largest absolute Gasteiger partial charge is 0.366 e. The molecule has 1 aliphatic carbocycles. The van der Waals surface area contributed by atoms with E-state index in [1.54, 1.807) is 12.1 Å². The van der Waals surface area contributed by atoms with Gasteiger partial charge in [0.15, 0.2) is 0 Å². The number of amides is 2. The number of nitrogens with zero attached hydrogens (tertiary/aromatic N) is 1. The van der Waals surface area contributed by atoms with Crippen LogP contribution in [0.5, 0.6) is 0 Å². The highest BCUT2D eigenvalue weighted by molar-refractivity contribution is 5.92. The highest BCUT2D eigenvalue weighted by Gasteiger charge is 2.55. The van der Waals surface area contributed by atoms with E-state index < -0.39 is 5.91 Å². The molecule has 1 fully saturated rings. The molecule has 0 spiro atoms. The molecule has 1 saturated carbocycles. The summed E-state index contributed by atoms with van der Waals surface area (Å²) in [6, 6.07) is 17.8. The Hall–Kier alpha value is -2.66. The summed E-state index contributed by atoms with van der Waals surface area (Å²) in [5.74, 6) is -0.260. The van der Waals surface area contributed by atoms with E-state index in [4.69, 9.17) is 5.73 Å². The Kier molecular flexibility index (Phi) is 5.84. The highest BCUT2D eigenvalue weighted by Crippen LogP contribution is 2.53. The average Bonchev–Trinajstić information content (AvgIpc) is 3.39. The van der Waals surface area contributed by atoms with E-state index in [2.05, 4.69) is 29.3 Å². The van der Waals surface area contributed by atoms with Crippen molar-refractivity contribution in [1.82, 2.24) is 10.2 Å². The number of nitrogens with one attached hydrogen (secondary N) is 1. The van der Waals surface area contributed by atoms with Crippen LogP contribution in [0.3, 0.4) is 0 Å². The third kappa shape index (κ3) is 4.42. The van der Waals surface area contributed by atoms with E-state index in [0.717, 1.165) is 18.4 Å². The van der Waals surface area contributed by atoms with Crippen molar-refractivity contribution in [3.05, 3.63) is 71.3 Å². The molecule has 28 heavy (non-hydrogen) atoms. The van der Waals surface area contributed by atoms with Crippen LogP contribution in [-0.2, 0) is 16.6 Å². The fraction of sp³-hybridized carbons (Fsp3) is 0.391. The van der Waals surface area contributed by atoms with E-state index in [1.807, 2.05) is 44.4 Å². The molecule has 2 aromatic carbocycles. The Balaban J connectivity index is 1.57. The van der Waals surface area contributed by atoms with E-state index in [-0.39, 0.29) is 23.3 Å². The van der Waals surface area contributed by atoms with E-state index >= 15 is 0 Å². The predicted molar refractivity (Wildman–Crippen MR) is 111 cm³/mol. The molecule has 2 amide bonds. The van der Waals surface area contributed by atoms with Gasteiger partial charge in [-0.3, -0.25) is 9.59 Å². The molecule has 3 rings (SSSR count). The van der Waals surface area contributed by atoms with Crippen molar-refractivity contribution in [3.8, 4) is 0 Å². The smallest absolute Gasteiger partial charge is 0.248 e. The van der Waals surface area contributed by atoms with Gasteiger partial charge in [-0.1, -0.05) is 49.4 Å². The third-order valence-electron chi connectivity index (χ3n) is 5.94. The van der Waals surface area contributed by atoms with Crippen LogP contribution in [0.15, 0.2) is 54.6 Å². The normalized spacial score (nSPS) is 21.9. The maximum Gasteiger partial charge on any atom is 0.248 e. The Labute approximate surface area is 166 Å². The van der Waals surface area contributed by atoms with E-state index in [1.165, 1.54) is 5.56 Å². The first-order chi connectivity index (χ1) is 13.3. The lowest BCUT2D eigenvalue weighted by Crippen LogP contribution is -2.42. The molecule has 0 bridgehead atoms. The lowest BCUT2D eigenvalue weighted by Gasteiger charge is -2.25. The molecule has 0 radical (unpaired) electrons. The summed E-state index contributed by atoms with van der Waals surface area (Å²) in [6.45, 7) is 2.75.